The van der Waals surface area contributed by atoms with Gasteiger partial charge in [-0.2, -0.15) is 0 Å². The minimum Gasteiger partial charge on any atom is -0.397 e. The molecule has 1 heterocycles. The summed E-state index contributed by atoms with van der Waals surface area (Å²) in [5, 5.41) is 3.16. The van der Waals surface area contributed by atoms with E-state index in [1.54, 1.807) is 6.07 Å². The highest BCUT2D eigenvalue weighted by Gasteiger charge is 2.34. The molecule has 3 N–H and O–H groups in total. The van der Waals surface area contributed by atoms with Gasteiger partial charge in [-0.25, -0.2) is 0 Å². The van der Waals surface area contributed by atoms with Gasteiger partial charge in [0.2, 0.25) is 0 Å². The van der Waals surface area contributed by atoms with Gasteiger partial charge >= 0.3 is 0 Å². The van der Waals surface area contributed by atoms with Crippen LogP contribution in [0.25, 0.3) is 0 Å². The topological polar surface area (TPSA) is 60.0 Å². The summed E-state index contributed by atoms with van der Waals surface area (Å²) in [6, 6.07) is 1.77. The molecule has 0 atom stereocenters. The SMILES string of the molecule is CCn1cc(N)cc1C(=O)NCC1(CC(C)C)CCCC1. The number of hydrogen-bond acceptors (Lipinski definition) is 2. The summed E-state index contributed by atoms with van der Waals surface area (Å²) >= 11 is 0. The van der Waals surface area contributed by atoms with Gasteiger partial charge in [-0.05, 0) is 43.6 Å². The van der Waals surface area contributed by atoms with Crippen molar-refractivity contribution in [2.75, 3.05) is 12.3 Å². The van der Waals surface area contributed by atoms with Crippen molar-refractivity contribution in [3.05, 3.63) is 18.0 Å². The quantitative estimate of drug-likeness (QED) is 0.843. The summed E-state index contributed by atoms with van der Waals surface area (Å²) in [7, 11) is 0. The first-order valence-corrected chi connectivity index (χ1v) is 8.19. The summed E-state index contributed by atoms with van der Waals surface area (Å²) < 4.78 is 1.91. The van der Waals surface area contributed by atoms with E-state index in [9.17, 15) is 4.79 Å². The number of aryl methyl sites for hydroxylation is 1. The Hall–Kier alpha value is -1.45. The molecule has 0 unspecified atom stereocenters. The van der Waals surface area contributed by atoms with Crippen molar-refractivity contribution in [2.45, 2.75) is 59.4 Å². The molecule has 4 nitrogen and oxygen atoms in total. The van der Waals surface area contributed by atoms with Crippen LogP contribution in [-0.2, 0) is 6.54 Å². The molecule has 0 aromatic carbocycles. The van der Waals surface area contributed by atoms with Gasteiger partial charge in [0.15, 0.2) is 0 Å². The highest BCUT2D eigenvalue weighted by atomic mass is 16.1. The smallest absolute Gasteiger partial charge is 0.268 e. The standard InChI is InChI=1S/C17H29N3O/c1-4-20-11-14(18)9-15(20)16(21)19-12-17(10-13(2)3)7-5-6-8-17/h9,11,13H,4-8,10,12,18H2,1-3H3,(H,19,21). The maximum atomic E-state index is 12.4. The fraction of sp³-hybridized carbons (Fsp3) is 0.706. The van der Waals surface area contributed by atoms with E-state index in [1.807, 2.05) is 17.7 Å². The lowest BCUT2D eigenvalue weighted by molar-refractivity contribution is 0.0912. The molecular formula is C17H29N3O. The predicted octanol–water partition coefficient (Wildman–Crippen LogP) is 3.43. The summed E-state index contributed by atoms with van der Waals surface area (Å²) in [5.74, 6) is 0.679. The van der Waals surface area contributed by atoms with E-state index < -0.39 is 0 Å². The zero-order valence-corrected chi connectivity index (χ0v) is 13.6. The average molecular weight is 291 g/mol. The van der Waals surface area contributed by atoms with Crippen molar-refractivity contribution in [3.63, 3.8) is 0 Å². The number of nitrogen functional groups attached to an aromatic ring is 1. The third-order valence-electron chi connectivity index (χ3n) is 4.62. The molecule has 1 saturated carbocycles. The maximum Gasteiger partial charge on any atom is 0.268 e. The minimum absolute atomic E-state index is 0.00332. The van der Waals surface area contributed by atoms with Gasteiger partial charge in [0.05, 0.1) is 5.69 Å². The second-order valence-corrected chi connectivity index (χ2v) is 6.93. The van der Waals surface area contributed by atoms with Gasteiger partial charge in [-0.3, -0.25) is 4.79 Å². The summed E-state index contributed by atoms with van der Waals surface area (Å²) in [6.07, 6.45) is 8.09. The minimum atomic E-state index is 0.00332. The predicted molar refractivity (Wildman–Crippen MR) is 87.2 cm³/mol. The van der Waals surface area contributed by atoms with Gasteiger partial charge in [0, 0.05) is 19.3 Å². The molecular weight excluding hydrogens is 262 g/mol. The maximum absolute atomic E-state index is 12.4. The number of hydrogen-bond donors (Lipinski definition) is 2. The number of carbonyl (C=O) groups excluding carboxylic acids is 1. The van der Waals surface area contributed by atoms with Crippen LogP contribution in [-0.4, -0.2) is 17.0 Å². The second kappa shape index (κ2) is 6.54. The summed E-state index contributed by atoms with van der Waals surface area (Å²) in [6.45, 7) is 8.11. The van der Waals surface area contributed by atoms with Crippen LogP contribution in [0.2, 0.25) is 0 Å². The third-order valence-corrected chi connectivity index (χ3v) is 4.62. The molecule has 1 aliphatic rings. The average Bonchev–Trinajstić information content (AvgIpc) is 3.02. The molecule has 1 fully saturated rings. The Morgan fingerprint density at radius 2 is 2.10 bits per heavy atom. The molecule has 0 spiro atoms. The summed E-state index contributed by atoms with van der Waals surface area (Å²) in [5.41, 5.74) is 7.43. The zero-order valence-electron chi connectivity index (χ0n) is 13.6. The van der Waals surface area contributed by atoms with Crippen LogP contribution >= 0.6 is 0 Å². The van der Waals surface area contributed by atoms with Crippen molar-refractivity contribution in [1.29, 1.82) is 0 Å². The number of carbonyl (C=O) groups is 1. The van der Waals surface area contributed by atoms with Crippen LogP contribution in [0.5, 0.6) is 0 Å². The van der Waals surface area contributed by atoms with Crippen molar-refractivity contribution in [3.8, 4) is 0 Å². The molecule has 1 amide bonds. The number of nitrogens with one attached hydrogen (secondary N) is 1. The first-order valence-electron chi connectivity index (χ1n) is 8.19. The normalized spacial score (nSPS) is 17.3. The molecule has 0 bridgehead atoms. The molecule has 118 valence electrons. The van der Waals surface area contributed by atoms with Gasteiger partial charge in [0.1, 0.15) is 5.69 Å². The van der Waals surface area contributed by atoms with Crippen molar-refractivity contribution in [1.82, 2.24) is 9.88 Å². The first kappa shape index (κ1) is 15.9. The molecule has 1 aliphatic carbocycles. The highest BCUT2D eigenvalue weighted by Crippen LogP contribution is 2.42. The number of aromatic nitrogens is 1. The van der Waals surface area contributed by atoms with Crippen molar-refractivity contribution in [2.24, 2.45) is 11.3 Å². The van der Waals surface area contributed by atoms with E-state index in [2.05, 4.69) is 19.2 Å². The van der Waals surface area contributed by atoms with E-state index in [0.717, 1.165) is 13.1 Å². The van der Waals surface area contributed by atoms with E-state index in [0.29, 0.717) is 22.7 Å². The van der Waals surface area contributed by atoms with E-state index >= 15 is 0 Å². The van der Waals surface area contributed by atoms with Crippen molar-refractivity contribution < 1.29 is 4.79 Å². The molecule has 1 aromatic heterocycles. The fourth-order valence-electron chi connectivity index (χ4n) is 3.79. The Kier molecular flexibility index (Phi) is 4.96. The van der Waals surface area contributed by atoms with Crippen LogP contribution in [0.1, 0.15) is 63.4 Å². The van der Waals surface area contributed by atoms with Gasteiger partial charge in [0.25, 0.3) is 5.91 Å². The van der Waals surface area contributed by atoms with Crippen molar-refractivity contribution >= 4 is 11.6 Å². The molecule has 0 aliphatic heterocycles. The van der Waals surface area contributed by atoms with Gasteiger partial charge < -0.3 is 15.6 Å². The number of nitrogens with two attached hydrogens (primary N) is 1. The Morgan fingerprint density at radius 1 is 1.43 bits per heavy atom. The van der Waals surface area contributed by atoms with Crippen LogP contribution in [0, 0.1) is 11.3 Å². The van der Waals surface area contributed by atoms with Crippen LogP contribution < -0.4 is 11.1 Å². The molecule has 21 heavy (non-hydrogen) atoms. The number of amides is 1. The van der Waals surface area contributed by atoms with Crippen LogP contribution in [0.3, 0.4) is 0 Å². The molecule has 1 aromatic rings. The number of anilines is 1. The Labute approximate surface area is 128 Å². The number of nitrogens with zero attached hydrogens (tertiary/aromatic N) is 1. The third kappa shape index (κ3) is 3.80. The first-order chi connectivity index (χ1) is 9.96. The van der Waals surface area contributed by atoms with Crippen LogP contribution in [0.15, 0.2) is 12.3 Å². The lowest BCUT2D eigenvalue weighted by atomic mass is 9.78. The molecule has 0 radical (unpaired) electrons. The fourth-order valence-corrected chi connectivity index (χ4v) is 3.79. The zero-order chi connectivity index (χ0) is 15.5. The van der Waals surface area contributed by atoms with E-state index in [-0.39, 0.29) is 5.91 Å². The van der Waals surface area contributed by atoms with E-state index in [4.69, 9.17) is 5.73 Å². The second-order valence-electron chi connectivity index (χ2n) is 6.93. The Morgan fingerprint density at radius 3 is 2.67 bits per heavy atom. The highest BCUT2D eigenvalue weighted by molar-refractivity contribution is 5.93. The lowest BCUT2D eigenvalue weighted by Gasteiger charge is -2.31. The van der Waals surface area contributed by atoms with E-state index in [1.165, 1.54) is 32.1 Å². The lowest BCUT2D eigenvalue weighted by Crippen LogP contribution is -2.37. The van der Waals surface area contributed by atoms with Gasteiger partial charge in [-0.1, -0.05) is 26.7 Å². The largest absolute Gasteiger partial charge is 0.397 e. The monoisotopic (exact) mass is 291 g/mol. The number of rotatable bonds is 6. The summed E-state index contributed by atoms with van der Waals surface area (Å²) in [4.78, 5) is 12.4. The molecule has 2 rings (SSSR count). The Balaban J connectivity index is 2.02. The molecule has 0 saturated heterocycles. The Bertz CT molecular complexity index is 484. The molecule has 4 heteroatoms. The van der Waals surface area contributed by atoms with Crippen LogP contribution in [0.4, 0.5) is 5.69 Å². The van der Waals surface area contributed by atoms with Gasteiger partial charge in [-0.15, -0.1) is 0 Å².